The Labute approximate surface area is 251 Å². The van der Waals surface area contributed by atoms with Crippen LogP contribution in [0.2, 0.25) is 0 Å². The summed E-state index contributed by atoms with van der Waals surface area (Å²) in [6, 6.07) is 31.3. The summed E-state index contributed by atoms with van der Waals surface area (Å²) in [6.07, 6.45) is 4.74. The molecule has 2 aromatic carbocycles. The maximum absolute atomic E-state index is 2.37. The van der Waals surface area contributed by atoms with Crippen LogP contribution in [0.15, 0.2) is 108 Å². The Kier molecular flexibility index (Phi) is 6.01. The van der Waals surface area contributed by atoms with Gasteiger partial charge < -0.3 is 0 Å². The van der Waals surface area contributed by atoms with Crippen molar-refractivity contribution in [2.24, 2.45) is 0 Å². The molecule has 8 rings (SSSR count). The molecular formula is C32H18IS5-. The molecule has 0 nitrogen and oxygen atoms in total. The Bertz CT molecular complexity index is 2020. The molecule has 0 unspecified atom stereocenters. The van der Waals surface area contributed by atoms with Crippen LogP contribution in [0.1, 0.15) is 9.75 Å². The standard InChI is InChI=1S/C32H18IS5/c1-3-7-21-19(5-1)17-34-31(21)29-15-12-26(37-29)24-10-9-23(33-24)25-11-13-27(36-25)28-14-16-30(38-28)32-22-8-4-2-6-20(22)18-35-32/h1-18H/q-1. The predicted octanol–water partition coefficient (Wildman–Crippen LogP) is 8.79. The molecule has 5 aromatic heterocycles. The maximum atomic E-state index is 2.37. The summed E-state index contributed by atoms with van der Waals surface area (Å²) in [5.74, 6) is 0. The summed E-state index contributed by atoms with van der Waals surface area (Å²) in [6.45, 7) is 0. The minimum absolute atomic E-state index is 0.178. The van der Waals surface area contributed by atoms with E-state index in [1.807, 2.05) is 56.7 Å². The Morgan fingerprint density at radius 1 is 0.421 bits per heavy atom. The van der Waals surface area contributed by atoms with Gasteiger partial charge in [-0.25, -0.2) is 0 Å². The van der Waals surface area contributed by atoms with E-state index in [0.717, 1.165) is 0 Å². The van der Waals surface area contributed by atoms with Crippen LogP contribution in [0.4, 0.5) is 0 Å². The molecule has 6 heterocycles. The monoisotopic (exact) mass is 689 g/mol. The first-order valence-corrected chi connectivity index (χ1v) is 18.5. The van der Waals surface area contributed by atoms with Crippen molar-refractivity contribution in [2.45, 2.75) is 0 Å². The van der Waals surface area contributed by atoms with Gasteiger partial charge in [-0.3, -0.25) is 0 Å². The fourth-order valence-corrected chi connectivity index (χ4v) is 13.4. The van der Waals surface area contributed by atoms with Crippen molar-refractivity contribution in [1.29, 1.82) is 0 Å². The number of hydrogen-bond acceptors (Lipinski definition) is 5. The second-order valence-electron chi connectivity index (χ2n) is 8.92. The molecular weight excluding hydrogens is 672 g/mol. The van der Waals surface area contributed by atoms with Gasteiger partial charge in [-0.1, -0.05) is 0 Å². The first-order chi connectivity index (χ1) is 18.8. The molecule has 1 aliphatic heterocycles. The molecule has 6 heteroatoms. The number of thiophene rings is 5. The van der Waals surface area contributed by atoms with E-state index in [1.165, 1.54) is 67.7 Å². The Hall–Kier alpha value is -2.33. The van der Waals surface area contributed by atoms with Crippen LogP contribution in [0, 0.1) is 0 Å². The van der Waals surface area contributed by atoms with Crippen molar-refractivity contribution in [3.05, 3.63) is 118 Å². The van der Waals surface area contributed by atoms with Gasteiger partial charge in [0.05, 0.1) is 0 Å². The molecule has 0 saturated heterocycles. The minimum atomic E-state index is -0.178. The first kappa shape index (κ1) is 23.5. The molecule has 0 N–H and O–H groups in total. The fourth-order valence-electron chi connectivity index (χ4n) is 4.72. The van der Waals surface area contributed by atoms with E-state index in [0.29, 0.717) is 0 Å². The molecule has 38 heavy (non-hydrogen) atoms. The van der Waals surface area contributed by atoms with E-state index in [1.54, 1.807) is 0 Å². The van der Waals surface area contributed by atoms with Crippen molar-refractivity contribution in [2.75, 3.05) is 0 Å². The number of benzene rings is 2. The molecule has 0 saturated carbocycles. The molecule has 0 spiro atoms. The first-order valence-electron chi connectivity index (χ1n) is 12.1. The van der Waals surface area contributed by atoms with Crippen LogP contribution in [-0.4, -0.2) is 0 Å². The average molecular weight is 690 g/mol. The van der Waals surface area contributed by atoms with Crippen molar-refractivity contribution >= 4 is 85.4 Å². The summed E-state index contributed by atoms with van der Waals surface area (Å²) < 4.78 is 3.07. The van der Waals surface area contributed by atoms with E-state index in [2.05, 4.69) is 108 Å². The third-order valence-corrected chi connectivity index (χ3v) is 16.3. The zero-order valence-electron chi connectivity index (χ0n) is 19.8. The molecule has 0 amide bonds. The molecule has 0 radical (unpaired) electrons. The zero-order valence-corrected chi connectivity index (χ0v) is 26.1. The van der Waals surface area contributed by atoms with Crippen molar-refractivity contribution in [3.8, 4) is 29.3 Å². The quantitative estimate of drug-likeness (QED) is 0.159. The molecule has 0 aliphatic carbocycles. The van der Waals surface area contributed by atoms with Gasteiger partial charge in [0.15, 0.2) is 0 Å². The number of fused-ring (bicyclic) bond motifs is 2. The Morgan fingerprint density at radius 3 is 1.39 bits per heavy atom. The van der Waals surface area contributed by atoms with Crippen molar-refractivity contribution in [3.63, 3.8) is 0 Å². The number of halogens is 1. The normalized spacial score (nSPS) is 13.7. The van der Waals surface area contributed by atoms with Crippen LogP contribution >= 0.6 is 56.7 Å². The third-order valence-electron chi connectivity index (χ3n) is 6.58. The van der Waals surface area contributed by atoms with Crippen molar-refractivity contribution < 1.29 is 21.2 Å². The Balaban J connectivity index is 1.01. The summed E-state index contributed by atoms with van der Waals surface area (Å²) in [4.78, 5) is 11.1. The summed E-state index contributed by atoms with van der Waals surface area (Å²) in [7, 11) is 0. The number of rotatable bonds is 5. The topological polar surface area (TPSA) is 0 Å². The molecule has 1 aliphatic rings. The average Bonchev–Trinajstić information content (AvgIpc) is 3.78. The van der Waals surface area contributed by atoms with Crippen LogP contribution in [0.25, 0.3) is 58.0 Å². The third kappa shape index (κ3) is 4.10. The second kappa shape index (κ2) is 9.70. The van der Waals surface area contributed by atoms with Crippen molar-refractivity contribution in [1.82, 2.24) is 0 Å². The van der Waals surface area contributed by atoms with Gasteiger partial charge >= 0.3 is 253 Å². The van der Waals surface area contributed by atoms with Gasteiger partial charge in [0.1, 0.15) is 0 Å². The summed E-state index contributed by atoms with van der Waals surface area (Å²) in [5, 5.41) is 9.96. The van der Waals surface area contributed by atoms with Crippen LogP contribution in [0.5, 0.6) is 0 Å². The van der Waals surface area contributed by atoms with Gasteiger partial charge in [-0.05, 0) is 0 Å². The fraction of sp³-hybridized carbons (Fsp3) is 0. The molecule has 7 aromatic rings. The SMILES string of the molecule is C1=C(c2ccc(-c3ccc(-c4scc5ccccc45)s3)s2)[I-]C(c2ccc(-c3scc4ccccc34)s2)=C1. The van der Waals surface area contributed by atoms with Crippen LogP contribution in [-0.2, 0) is 0 Å². The van der Waals surface area contributed by atoms with E-state index < -0.39 is 0 Å². The van der Waals surface area contributed by atoms with Gasteiger partial charge in [-0.15, -0.1) is 0 Å². The molecule has 0 atom stereocenters. The van der Waals surface area contributed by atoms with Gasteiger partial charge in [0.2, 0.25) is 0 Å². The van der Waals surface area contributed by atoms with Crippen LogP contribution in [0.3, 0.4) is 0 Å². The van der Waals surface area contributed by atoms with E-state index in [4.69, 9.17) is 0 Å². The summed E-state index contributed by atoms with van der Waals surface area (Å²) in [5.41, 5.74) is 0. The summed E-state index contributed by atoms with van der Waals surface area (Å²) >= 11 is 9.34. The van der Waals surface area contributed by atoms with Gasteiger partial charge in [0, 0.05) is 0 Å². The van der Waals surface area contributed by atoms with E-state index >= 15 is 0 Å². The predicted molar refractivity (Wildman–Crippen MR) is 170 cm³/mol. The molecule has 0 fully saturated rings. The molecule has 0 bridgehead atoms. The van der Waals surface area contributed by atoms with Crippen LogP contribution < -0.4 is 21.2 Å². The van der Waals surface area contributed by atoms with Gasteiger partial charge in [0.25, 0.3) is 0 Å². The van der Waals surface area contributed by atoms with E-state index in [9.17, 15) is 0 Å². The second-order valence-corrected chi connectivity index (χ2v) is 16.8. The van der Waals surface area contributed by atoms with Gasteiger partial charge in [-0.2, -0.15) is 0 Å². The zero-order chi connectivity index (χ0) is 25.1. The number of allylic oxidation sites excluding steroid dienone is 2. The van der Waals surface area contributed by atoms with E-state index in [-0.39, 0.29) is 21.2 Å². The molecule has 184 valence electrons. The number of hydrogen-bond donors (Lipinski definition) is 0. The Morgan fingerprint density at radius 2 is 0.842 bits per heavy atom.